The van der Waals surface area contributed by atoms with Gasteiger partial charge in [0.1, 0.15) is 0 Å². The lowest BCUT2D eigenvalue weighted by Gasteiger charge is -2.52. The minimum atomic E-state index is -8.10. The summed E-state index contributed by atoms with van der Waals surface area (Å²) < 4.78 is 242. The quantitative estimate of drug-likeness (QED) is 0.370. The lowest BCUT2D eigenvalue weighted by molar-refractivity contribution is -0.404. The summed E-state index contributed by atoms with van der Waals surface area (Å²) in [6, 6.07) is 0. The van der Waals surface area contributed by atoms with E-state index in [1.165, 1.54) is 0 Å². The molecule has 2 rings (SSSR count). The van der Waals surface area contributed by atoms with Crippen molar-refractivity contribution in [3.05, 3.63) is 23.3 Å². The van der Waals surface area contributed by atoms with E-state index in [1.807, 2.05) is 0 Å². The third kappa shape index (κ3) is 1.92. The molecule has 0 spiro atoms. The van der Waals surface area contributed by atoms with Crippen molar-refractivity contribution in [2.75, 3.05) is 0 Å². The van der Waals surface area contributed by atoms with E-state index in [-0.39, 0.29) is 0 Å². The zero-order chi connectivity index (χ0) is 24.3. The summed E-state index contributed by atoms with van der Waals surface area (Å²) in [6.45, 7) is 0. The van der Waals surface area contributed by atoms with Gasteiger partial charge in [-0.1, -0.05) is 0 Å². The summed E-state index contributed by atoms with van der Waals surface area (Å²) in [7, 11) is 0. The molecule has 30 heavy (non-hydrogen) atoms. The van der Waals surface area contributed by atoms with Gasteiger partial charge in [0.25, 0.3) is 11.3 Å². The topological polar surface area (TPSA) is 0 Å². The van der Waals surface area contributed by atoms with Gasteiger partial charge in [-0.05, 0) is 0 Å². The predicted octanol–water partition coefficient (Wildman–Crippen LogP) is 6.54. The summed E-state index contributed by atoms with van der Waals surface area (Å²) >= 11 is 0. The maximum Gasteiger partial charge on any atom is 0.382 e. The van der Waals surface area contributed by atoms with E-state index >= 15 is 0 Å². The van der Waals surface area contributed by atoms with Gasteiger partial charge in [-0.3, -0.25) is 0 Å². The standard InChI is InChI=1S/C12F18/c13-1-3(15)7(19,20)11(27,28)9(23,24)5(1,17)6(18)2(14)4(16)8(21,22)12(29,30)10(6,25)26. The van der Waals surface area contributed by atoms with Gasteiger partial charge < -0.3 is 0 Å². The van der Waals surface area contributed by atoms with Crippen molar-refractivity contribution in [1.82, 2.24) is 0 Å². The molecule has 0 bridgehead atoms. The highest BCUT2D eigenvalue weighted by atomic mass is 19.4. The average molecular weight is 486 g/mol. The second-order valence-corrected chi connectivity index (χ2v) is 6.02. The SMILES string of the molecule is FC1=C(F)C(F)(C2(F)C(F)=C(F)C(F)(F)C(F)(F)C2(F)F)C(F)(F)C(F)(F)C1(F)F. The van der Waals surface area contributed by atoms with E-state index in [0.29, 0.717) is 0 Å². The molecule has 2 aliphatic rings. The van der Waals surface area contributed by atoms with E-state index < -0.39 is 70.2 Å². The van der Waals surface area contributed by atoms with Crippen LogP contribution in [0.15, 0.2) is 23.3 Å². The van der Waals surface area contributed by atoms with E-state index in [2.05, 4.69) is 0 Å². The monoisotopic (exact) mass is 486 g/mol. The molecule has 2 unspecified atom stereocenters. The molecule has 0 aromatic heterocycles. The van der Waals surface area contributed by atoms with Crippen LogP contribution in [-0.4, -0.2) is 46.9 Å². The molecule has 0 saturated heterocycles. The Hall–Kier alpha value is -1.78. The van der Waals surface area contributed by atoms with Gasteiger partial charge in [-0.15, -0.1) is 0 Å². The van der Waals surface area contributed by atoms with Crippen molar-refractivity contribution < 1.29 is 79.0 Å². The molecule has 2 aliphatic carbocycles. The first-order valence-corrected chi connectivity index (χ1v) is 6.65. The molecule has 0 aliphatic heterocycles. The van der Waals surface area contributed by atoms with Gasteiger partial charge in [0.2, 0.25) is 11.7 Å². The Morgan fingerprint density at radius 2 is 0.500 bits per heavy atom. The molecule has 0 amide bonds. The third-order valence-corrected chi connectivity index (χ3v) is 4.46. The number of alkyl halides is 14. The highest BCUT2D eigenvalue weighted by Crippen LogP contribution is 2.73. The van der Waals surface area contributed by atoms with Crippen LogP contribution in [0.25, 0.3) is 0 Å². The Kier molecular flexibility index (Phi) is 4.51. The zero-order valence-corrected chi connectivity index (χ0v) is 12.8. The largest absolute Gasteiger partial charge is 0.382 e. The molecule has 2 atom stereocenters. The smallest absolute Gasteiger partial charge is 0.225 e. The molecule has 0 aromatic rings. The molecule has 0 heterocycles. The Balaban J connectivity index is 3.17. The van der Waals surface area contributed by atoms with Gasteiger partial charge in [0.15, 0.2) is 11.7 Å². The number of hydrogen-bond donors (Lipinski definition) is 0. The fourth-order valence-corrected chi connectivity index (χ4v) is 2.69. The molecule has 0 nitrogen and oxygen atoms in total. The lowest BCUT2D eigenvalue weighted by Crippen LogP contribution is -2.81. The number of halogens is 18. The van der Waals surface area contributed by atoms with Crippen LogP contribution in [0.4, 0.5) is 79.0 Å². The second kappa shape index (κ2) is 5.52. The van der Waals surface area contributed by atoms with Gasteiger partial charge >= 0.3 is 35.5 Å². The molecule has 0 N–H and O–H groups in total. The van der Waals surface area contributed by atoms with E-state index in [1.54, 1.807) is 0 Å². The van der Waals surface area contributed by atoms with Gasteiger partial charge in [-0.25, -0.2) is 26.3 Å². The van der Waals surface area contributed by atoms with Crippen LogP contribution in [0.1, 0.15) is 0 Å². The molecule has 0 fully saturated rings. The van der Waals surface area contributed by atoms with Crippen molar-refractivity contribution >= 4 is 0 Å². The van der Waals surface area contributed by atoms with Crippen molar-refractivity contribution in [2.24, 2.45) is 0 Å². The molecule has 0 saturated carbocycles. The summed E-state index contributed by atoms with van der Waals surface area (Å²) in [5.74, 6) is -65.8. The zero-order valence-electron chi connectivity index (χ0n) is 12.8. The number of hydrogen-bond acceptors (Lipinski definition) is 0. The van der Waals surface area contributed by atoms with Crippen molar-refractivity contribution in [3.8, 4) is 0 Å². The van der Waals surface area contributed by atoms with E-state index in [0.717, 1.165) is 0 Å². The first kappa shape index (κ1) is 24.5. The third-order valence-electron chi connectivity index (χ3n) is 4.46. The highest BCUT2D eigenvalue weighted by Gasteiger charge is 2.99. The summed E-state index contributed by atoms with van der Waals surface area (Å²) in [5.41, 5.74) is -15.8. The van der Waals surface area contributed by atoms with Crippen LogP contribution in [0, 0.1) is 0 Å². The molecule has 0 aromatic carbocycles. The van der Waals surface area contributed by atoms with Crippen LogP contribution in [0.2, 0.25) is 0 Å². The molecule has 174 valence electrons. The van der Waals surface area contributed by atoms with Gasteiger partial charge in [0, 0.05) is 0 Å². The molecular weight excluding hydrogens is 486 g/mol. The second-order valence-electron chi connectivity index (χ2n) is 6.02. The van der Waals surface area contributed by atoms with Crippen molar-refractivity contribution in [1.29, 1.82) is 0 Å². The van der Waals surface area contributed by atoms with Gasteiger partial charge in [0.05, 0.1) is 0 Å². The van der Waals surface area contributed by atoms with Crippen LogP contribution in [0.3, 0.4) is 0 Å². The summed E-state index contributed by atoms with van der Waals surface area (Å²) in [4.78, 5) is 0. The molecule has 18 heteroatoms. The average Bonchev–Trinajstić information content (AvgIpc) is 2.61. The Labute approximate surface area is 150 Å². The number of allylic oxidation sites excluding steroid dienone is 4. The Morgan fingerprint density at radius 1 is 0.300 bits per heavy atom. The number of rotatable bonds is 1. The molecular formula is C12F18. The fraction of sp³-hybridized carbons (Fsp3) is 0.667. The maximum absolute atomic E-state index is 14.5. The minimum absolute atomic E-state index is 4.80. The van der Waals surface area contributed by atoms with Crippen LogP contribution in [0.5, 0.6) is 0 Å². The Bertz CT molecular complexity index is 777. The first-order valence-electron chi connectivity index (χ1n) is 6.65. The minimum Gasteiger partial charge on any atom is -0.225 e. The lowest BCUT2D eigenvalue weighted by atomic mass is 9.65. The molecule has 0 radical (unpaired) electrons. The summed E-state index contributed by atoms with van der Waals surface area (Å²) in [5, 5.41) is 0. The van der Waals surface area contributed by atoms with Crippen molar-refractivity contribution in [3.63, 3.8) is 0 Å². The summed E-state index contributed by atoms with van der Waals surface area (Å²) in [6.07, 6.45) is 0. The van der Waals surface area contributed by atoms with Crippen molar-refractivity contribution in [2.45, 2.75) is 46.9 Å². The van der Waals surface area contributed by atoms with E-state index in [9.17, 15) is 79.0 Å². The van der Waals surface area contributed by atoms with Crippen LogP contribution >= 0.6 is 0 Å². The first-order chi connectivity index (χ1) is 12.9. The fourth-order valence-electron chi connectivity index (χ4n) is 2.69. The van der Waals surface area contributed by atoms with Gasteiger partial charge in [-0.2, -0.15) is 52.7 Å². The predicted molar refractivity (Wildman–Crippen MR) is 55.8 cm³/mol. The van der Waals surface area contributed by atoms with E-state index in [4.69, 9.17) is 0 Å². The van der Waals surface area contributed by atoms with Crippen LogP contribution < -0.4 is 0 Å². The Morgan fingerprint density at radius 3 is 0.700 bits per heavy atom. The maximum atomic E-state index is 14.5. The highest BCUT2D eigenvalue weighted by molar-refractivity contribution is 5.48. The normalized spacial score (nSPS) is 38.6. The van der Waals surface area contributed by atoms with Crippen LogP contribution in [-0.2, 0) is 0 Å².